The number of nitrogens with two attached hydrogens (primary N) is 1. The molecule has 2 N–H and O–H groups in total. The van der Waals surface area contributed by atoms with Crippen molar-refractivity contribution in [3.63, 3.8) is 0 Å². The van der Waals surface area contributed by atoms with E-state index in [4.69, 9.17) is 22.1 Å². The van der Waals surface area contributed by atoms with Crippen LogP contribution in [0.4, 0.5) is 0 Å². The number of ether oxygens (including phenoxy) is 1. The molecule has 2 nitrogen and oxygen atoms in total. The normalized spacial score (nSPS) is 25.1. The molecule has 0 radical (unpaired) electrons. The highest BCUT2D eigenvalue weighted by molar-refractivity contribution is 6.32. The highest BCUT2D eigenvalue weighted by atomic mass is 35.5. The summed E-state index contributed by atoms with van der Waals surface area (Å²) in [6.07, 6.45) is 6.50. The fourth-order valence-corrected chi connectivity index (χ4v) is 3.09. The van der Waals surface area contributed by atoms with Crippen LogP contribution < -0.4 is 10.5 Å². The summed E-state index contributed by atoms with van der Waals surface area (Å²) >= 11 is 6.30. The summed E-state index contributed by atoms with van der Waals surface area (Å²) in [7, 11) is 0. The van der Waals surface area contributed by atoms with E-state index in [9.17, 15) is 0 Å². The zero-order valence-corrected chi connectivity index (χ0v) is 12.6. The van der Waals surface area contributed by atoms with Gasteiger partial charge in [0, 0.05) is 6.04 Å². The Morgan fingerprint density at radius 2 is 2.11 bits per heavy atom. The van der Waals surface area contributed by atoms with Crippen LogP contribution in [0.2, 0.25) is 5.02 Å². The molecule has 1 aromatic carbocycles. The summed E-state index contributed by atoms with van der Waals surface area (Å²) in [5, 5.41) is 0.676. The van der Waals surface area contributed by atoms with E-state index >= 15 is 0 Å². The van der Waals surface area contributed by atoms with E-state index in [1.807, 2.05) is 25.1 Å². The van der Waals surface area contributed by atoms with Gasteiger partial charge in [-0.15, -0.1) is 0 Å². The van der Waals surface area contributed by atoms with Crippen molar-refractivity contribution in [1.29, 1.82) is 0 Å². The Morgan fingerprint density at radius 1 is 1.37 bits per heavy atom. The molecule has 1 saturated carbocycles. The molecule has 0 amide bonds. The first-order chi connectivity index (χ1) is 9.11. The minimum absolute atomic E-state index is 0.00428. The molecule has 106 valence electrons. The van der Waals surface area contributed by atoms with Gasteiger partial charge in [0.15, 0.2) is 0 Å². The molecule has 0 aliphatic heterocycles. The lowest BCUT2D eigenvalue weighted by atomic mass is 9.85. The molecule has 1 aliphatic rings. The van der Waals surface area contributed by atoms with E-state index in [1.165, 1.54) is 25.7 Å². The third-order valence-electron chi connectivity index (χ3n) is 4.12. The van der Waals surface area contributed by atoms with Crippen LogP contribution in [0.1, 0.15) is 57.6 Å². The SMILES string of the molecule is CCC1CCCCC1Oc1ccc([C@H](C)N)cc1Cl. The number of hydrogen-bond acceptors (Lipinski definition) is 2. The molecule has 0 heterocycles. The van der Waals surface area contributed by atoms with Gasteiger partial charge in [0.1, 0.15) is 11.9 Å². The number of halogens is 1. The quantitative estimate of drug-likeness (QED) is 0.868. The number of hydrogen-bond donors (Lipinski definition) is 1. The van der Waals surface area contributed by atoms with Crippen LogP contribution in [-0.2, 0) is 0 Å². The third-order valence-corrected chi connectivity index (χ3v) is 4.42. The second kappa shape index (κ2) is 6.62. The molecular weight excluding hydrogens is 258 g/mol. The van der Waals surface area contributed by atoms with E-state index in [1.54, 1.807) is 0 Å². The fraction of sp³-hybridized carbons (Fsp3) is 0.625. The first-order valence-electron chi connectivity index (χ1n) is 7.33. The smallest absolute Gasteiger partial charge is 0.138 e. The lowest BCUT2D eigenvalue weighted by molar-refractivity contribution is 0.0904. The van der Waals surface area contributed by atoms with E-state index in [0.717, 1.165) is 17.7 Å². The van der Waals surface area contributed by atoms with Gasteiger partial charge in [-0.1, -0.05) is 31.0 Å². The summed E-state index contributed by atoms with van der Waals surface area (Å²) in [6, 6.07) is 5.90. The summed E-state index contributed by atoms with van der Waals surface area (Å²) in [5.74, 6) is 1.47. The van der Waals surface area contributed by atoms with Crippen molar-refractivity contribution in [3.05, 3.63) is 28.8 Å². The standard InChI is InChI=1S/C16H24ClNO/c1-3-12-6-4-5-7-15(12)19-16-9-8-13(11(2)18)10-14(16)17/h8-12,15H,3-7,18H2,1-2H3/t11-,12?,15?/m0/s1. The average Bonchev–Trinajstić information content (AvgIpc) is 2.41. The van der Waals surface area contributed by atoms with Crippen LogP contribution >= 0.6 is 11.6 Å². The summed E-state index contributed by atoms with van der Waals surface area (Å²) in [6.45, 7) is 4.20. The maximum Gasteiger partial charge on any atom is 0.138 e. The van der Waals surface area contributed by atoms with Crippen molar-refractivity contribution in [2.24, 2.45) is 11.7 Å². The zero-order chi connectivity index (χ0) is 13.8. The van der Waals surface area contributed by atoms with Gasteiger partial charge in [-0.2, -0.15) is 0 Å². The molecule has 0 bridgehead atoms. The molecule has 1 aliphatic carbocycles. The molecule has 0 aromatic heterocycles. The number of benzene rings is 1. The van der Waals surface area contributed by atoms with E-state index in [2.05, 4.69) is 6.92 Å². The Morgan fingerprint density at radius 3 is 2.74 bits per heavy atom. The Labute approximate surface area is 121 Å². The highest BCUT2D eigenvalue weighted by Crippen LogP contribution is 2.34. The first-order valence-corrected chi connectivity index (χ1v) is 7.71. The minimum atomic E-state index is 0.00428. The molecule has 1 fully saturated rings. The Kier molecular flexibility index (Phi) is 5.12. The number of rotatable bonds is 4. The lowest BCUT2D eigenvalue weighted by Crippen LogP contribution is -2.30. The summed E-state index contributed by atoms with van der Waals surface area (Å²) in [4.78, 5) is 0. The first kappa shape index (κ1) is 14.7. The monoisotopic (exact) mass is 281 g/mol. The zero-order valence-electron chi connectivity index (χ0n) is 11.9. The largest absolute Gasteiger partial charge is 0.489 e. The van der Waals surface area contributed by atoms with E-state index in [0.29, 0.717) is 17.0 Å². The van der Waals surface area contributed by atoms with Crippen LogP contribution in [0.5, 0.6) is 5.75 Å². The maximum atomic E-state index is 6.30. The summed E-state index contributed by atoms with van der Waals surface area (Å²) in [5.41, 5.74) is 6.91. The second-order valence-electron chi connectivity index (χ2n) is 5.59. The van der Waals surface area contributed by atoms with Crippen molar-refractivity contribution in [3.8, 4) is 5.75 Å². The van der Waals surface area contributed by atoms with Gasteiger partial charge in [-0.3, -0.25) is 0 Å². The molecule has 3 atom stereocenters. The molecule has 3 heteroatoms. The van der Waals surface area contributed by atoms with Crippen LogP contribution in [0.15, 0.2) is 18.2 Å². The minimum Gasteiger partial charge on any atom is -0.489 e. The predicted octanol–water partition coefficient (Wildman–Crippen LogP) is 4.71. The van der Waals surface area contributed by atoms with Gasteiger partial charge in [0.05, 0.1) is 5.02 Å². The highest BCUT2D eigenvalue weighted by Gasteiger charge is 2.25. The summed E-state index contributed by atoms with van der Waals surface area (Å²) < 4.78 is 6.15. The van der Waals surface area contributed by atoms with Crippen molar-refractivity contribution in [2.45, 2.75) is 58.1 Å². The van der Waals surface area contributed by atoms with Crippen LogP contribution in [0.25, 0.3) is 0 Å². The molecule has 2 unspecified atom stereocenters. The third kappa shape index (κ3) is 3.64. The van der Waals surface area contributed by atoms with Crippen molar-refractivity contribution >= 4 is 11.6 Å². The average molecular weight is 282 g/mol. The van der Waals surface area contributed by atoms with Gasteiger partial charge in [-0.05, 0) is 56.2 Å². The molecule has 0 saturated heterocycles. The predicted molar refractivity (Wildman–Crippen MR) is 80.7 cm³/mol. The maximum absolute atomic E-state index is 6.30. The van der Waals surface area contributed by atoms with Gasteiger partial charge in [0.25, 0.3) is 0 Å². The van der Waals surface area contributed by atoms with E-state index in [-0.39, 0.29) is 6.04 Å². The topological polar surface area (TPSA) is 35.2 Å². The van der Waals surface area contributed by atoms with Crippen molar-refractivity contribution in [1.82, 2.24) is 0 Å². The van der Waals surface area contributed by atoms with Gasteiger partial charge >= 0.3 is 0 Å². The van der Waals surface area contributed by atoms with Gasteiger partial charge in [0.2, 0.25) is 0 Å². The lowest BCUT2D eigenvalue weighted by Gasteiger charge is -2.31. The molecule has 19 heavy (non-hydrogen) atoms. The molecule has 2 rings (SSSR count). The van der Waals surface area contributed by atoms with Crippen molar-refractivity contribution < 1.29 is 4.74 Å². The van der Waals surface area contributed by atoms with E-state index < -0.39 is 0 Å². The fourth-order valence-electron chi connectivity index (χ4n) is 2.85. The second-order valence-corrected chi connectivity index (χ2v) is 5.99. The van der Waals surface area contributed by atoms with Gasteiger partial charge < -0.3 is 10.5 Å². The van der Waals surface area contributed by atoms with Gasteiger partial charge in [-0.25, -0.2) is 0 Å². The molecule has 1 aromatic rings. The Bertz CT molecular complexity index is 419. The van der Waals surface area contributed by atoms with Crippen LogP contribution in [0, 0.1) is 5.92 Å². The van der Waals surface area contributed by atoms with Crippen LogP contribution in [-0.4, -0.2) is 6.10 Å². The Hall–Kier alpha value is -0.730. The molecule has 0 spiro atoms. The van der Waals surface area contributed by atoms with Crippen molar-refractivity contribution in [2.75, 3.05) is 0 Å². The van der Waals surface area contributed by atoms with Crippen LogP contribution in [0.3, 0.4) is 0 Å². The Balaban J connectivity index is 2.09. The molecular formula is C16H24ClNO.